The van der Waals surface area contributed by atoms with E-state index in [2.05, 4.69) is 20.8 Å². The number of fused-ring (bicyclic) bond motifs is 1. The number of amides is 1. The summed E-state index contributed by atoms with van der Waals surface area (Å²) in [7, 11) is 0. The molecule has 27 heavy (non-hydrogen) atoms. The van der Waals surface area contributed by atoms with Crippen LogP contribution in [0, 0.1) is 6.92 Å². The lowest BCUT2D eigenvalue weighted by atomic mass is 10.0. The second-order valence-corrected chi connectivity index (χ2v) is 7.29. The van der Waals surface area contributed by atoms with Gasteiger partial charge in [-0.3, -0.25) is 4.79 Å². The molecule has 0 fully saturated rings. The number of carbonyl (C=O) groups is 1. The Morgan fingerprint density at radius 1 is 1.30 bits per heavy atom. The number of anilines is 1. The number of para-hydroxylation sites is 1. The molecule has 1 amide bonds. The summed E-state index contributed by atoms with van der Waals surface area (Å²) in [5, 5.41) is 18.1. The first-order chi connectivity index (χ1) is 13.0. The minimum atomic E-state index is -0.501. The monoisotopic (exact) mass is 382 g/mol. The number of aromatic nitrogens is 1. The van der Waals surface area contributed by atoms with E-state index in [0.717, 1.165) is 15.8 Å². The van der Waals surface area contributed by atoms with Gasteiger partial charge in [0.05, 0.1) is 15.9 Å². The maximum Gasteiger partial charge on any atom is 0.262 e. The number of carbonyl (C=O) groups excluding carboxylic acids is 1. The normalized spacial score (nSPS) is 12.8. The molecule has 1 aromatic heterocycles. The molecule has 6 nitrogen and oxygen atoms in total. The van der Waals surface area contributed by atoms with Gasteiger partial charge in [-0.15, -0.1) is 0 Å². The van der Waals surface area contributed by atoms with Crippen LogP contribution in [0.2, 0.25) is 0 Å². The minimum absolute atomic E-state index is 0.149. The Morgan fingerprint density at radius 3 is 2.81 bits per heavy atom. The molecule has 0 saturated carbocycles. The summed E-state index contributed by atoms with van der Waals surface area (Å²) in [6.45, 7) is 5.63. The van der Waals surface area contributed by atoms with Gasteiger partial charge in [0.2, 0.25) is 0 Å². The predicted octanol–water partition coefficient (Wildman–Crippen LogP) is 4.04. The molecule has 3 aromatic rings. The molecule has 0 aliphatic heterocycles. The van der Waals surface area contributed by atoms with E-state index in [9.17, 15) is 9.90 Å². The van der Waals surface area contributed by atoms with Crippen LogP contribution < -0.4 is 10.7 Å². The summed E-state index contributed by atoms with van der Waals surface area (Å²) in [5.41, 5.74) is 5.75. The molecular weight excluding hydrogens is 360 g/mol. The number of hydrogen-bond acceptors (Lipinski definition) is 6. The maximum atomic E-state index is 12.4. The zero-order chi connectivity index (χ0) is 19.4. The van der Waals surface area contributed by atoms with Crippen molar-refractivity contribution in [3.05, 3.63) is 53.6 Å². The lowest BCUT2D eigenvalue weighted by Crippen LogP contribution is -2.35. The summed E-state index contributed by atoms with van der Waals surface area (Å²) in [4.78, 5) is 16.9. The first-order valence-corrected chi connectivity index (χ1v) is 9.58. The second kappa shape index (κ2) is 8.18. The molecular formula is C20H22N4O2S. The first-order valence-electron chi connectivity index (χ1n) is 8.76. The van der Waals surface area contributed by atoms with E-state index in [-0.39, 0.29) is 11.7 Å². The average Bonchev–Trinajstić information content (AvgIpc) is 3.06. The van der Waals surface area contributed by atoms with Gasteiger partial charge < -0.3 is 10.4 Å². The smallest absolute Gasteiger partial charge is 0.262 e. The molecule has 1 atom stereocenters. The van der Waals surface area contributed by atoms with Gasteiger partial charge in [0.1, 0.15) is 11.8 Å². The number of aryl methyl sites for hydroxylation is 1. The molecule has 140 valence electrons. The van der Waals surface area contributed by atoms with Crippen LogP contribution in [0.5, 0.6) is 5.75 Å². The van der Waals surface area contributed by atoms with Crippen molar-refractivity contribution in [1.82, 2.24) is 10.4 Å². The standard InChI is InChI=1S/C20H22N4O2S/c1-4-15(14-11-12(2)9-10-17(14)25)23-24-19(26)13(3)21-20-22-16-7-5-6-8-18(16)27-20/h5-11,13,25H,4H2,1-3H3,(H,21,22)(H,24,26)/b23-15+/t13-/m0/s1. The lowest BCUT2D eigenvalue weighted by Gasteiger charge is -2.12. The van der Waals surface area contributed by atoms with Gasteiger partial charge >= 0.3 is 0 Å². The molecule has 0 aliphatic rings. The van der Waals surface area contributed by atoms with Crippen LogP contribution in [0.1, 0.15) is 31.4 Å². The lowest BCUT2D eigenvalue weighted by molar-refractivity contribution is -0.121. The number of hydrazone groups is 1. The Balaban J connectivity index is 1.69. The Labute approximate surface area is 162 Å². The molecule has 7 heteroatoms. The molecule has 0 aliphatic carbocycles. The van der Waals surface area contributed by atoms with Gasteiger partial charge in [-0.25, -0.2) is 10.4 Å². The van der Waals surface area contributed by atoms with Crippen molar-refractivity contribution < 1.29 is 9.90 Å². The molecule has 3 rings (SSSR count). The maximum absolute atomic E-state index is 12.4. The third-order valence-electron chi connectivity index (χ3n) is 4.13. The highest BCUT2D eigenvalue weighted by Gasteiger charge is 2.15. The first kappa shape index (κ1) is 18.8. The van der Waals surface area contributed by atoms with E-state index >= 15 is 0 Å². The molecule has 2 aromatic carbocycles. The van der Waals surface area contributed by atoms with Crippen molar-refractivity contribution in [3.63, 3.8) is 0 Å². The van der Waals surface area contributed by atoms with Crippen LogP contribution in [0.25, 0.3) is 10.2 Å². The summed E-state index contributed by atoms with van der Waals surface area (Å²) < 4.78 is 1.06. The predicted molar refractivity (Wildman–Crippen MR) is 111 cm³/mol. The number of aromatic hydroxyl groups is 1. The van der Waals surface area contributed by atoms with Gasteiger partial charge in [-0.05, 0) is 44.5 Å². The number of hydrogen-bond donors (Lipinski definition) is 3. The fraction of sp³-hybridized carbons (Fsp3) is 0.250. The van der Waals surface area contributed by atoms with Crippen LogP contribution in [0.4, 0.5) is 5.13 Å². The zero-order valence-electron chi connectivity index (χ0n) is 15.5. The number of benzene rings is 2. The summed E-state index contributed by atoms with van der Waals surface area (Å²) in [6, 6.07) is 12.6. The van der Waals surface area contributed by atoms with Gasteiger partial charge in [0.15, 0.2) is 5.13 Å². The highest BCUT2D eigenvalue weighted by molar-refractivity contribution is 7.22. The molecule has 0 bridgehead atoms. The number of nitrogens with one attached hydrogen (secondary N) is 2. The molecule has 3 N–H and O–H groups in total. The number of nitrogens with zero attached hydrogens (tertiary/aromatic N) is 2. The van der Waals surface area contributed by atoms with E-state index in [1.165, 1.54) is 11.3 Å². The Hall–Kier alpha value is -2.93. The third-order valence-corrected chi connectivity index (χ3v) is 5.09. The summed E-state index contributed by atoms with van der Waals surface area (Å²) in [5.74, 6) is -0.122. The fourth-order valence-electron chi connectivity index (χ4n) is 2.61. The Bertz CT molecular complexity index is 964. The van der Waals surface area contributed by atoms with Crippen molar-refractivity contribution in [2.45, 2.75) is 33.2 Å². The van der Waals surface area contributed by atoms with E-state index in [4.69, 9.17) is 0 Å². The molecule has 0 spiro atoms. The van der Waals surface area contributed by atoms with Crippen LogP contribution in [-0.2, 0) is 4.79 Å². The van der Waals surface area contributed by atoms with Crippen molar-refractivity contribution in [2.75, 3.05) is 5.32 Å². The van der Waals surface area contributed by atoms with Gasteiger partial charge in [0, 0.05) is 5.56 Å². The molecule has 0 saturated heterocycles. The fourth-order valence-corrected chi connectivity index (χ4v) is 3.57. The van der Waals surface area contributed by atoms with Crippen molar-refractivity contribution in [1.29, 1.82) is 0 Å². The van der Waals surface area contributed by atoms with E-state index in [0.29, 0.717) is 22.8 Å². The number of thiazole rings is 1. The highest BCUT2D eigenvalue weighted by atomic mass is 32.1. The topological polar surface area (TPSA) is 86.6 Å². The van der Waals surface area contributed by atoms with E-state index in [1.807, 2.05) is 50.2 Å². The van der Waals surface area contributed by atoms with Crippen molar-refractivity contribution in [2.24, 2.45) is 5.10 Å². The average molecular weight is 382 g/mol. The number of phenols is 1. The minimum Gasteiger partial charge on any atom is -0.507 e. The quantitative estimate of drug-likeness (QED) is 0.443. The Morgan fingerprint density at radius 2 is 2.07 bits per heavy atom. The zero-order valence-corrected chi connectivity index (χ0v) is 16.3. The van der Waals surface area contributed by atoms with E-state index in [1.54, 1.807) is 13.0 Å². The van der Waals surface area contributed by atoms with E-state index < -0.39 is 6.04 Å². The summed E-state index contributed by atoms with van der Waals surface area (Å²) in [6.07, 6.45) is 0.580. The van der Waals surface area contributed by atoms with Crippen LogP contribution in [0.3, 0.4) is 0 Å². The highest BCUT2D eigenvalue weighted by Crippen LogP contribution is 2.25. The third kappa shape index (κ3) is 4.43. The molecule has 0 unspecified atom stereocenters. The molecule has 1 heterocycles. The number of rotatable bonds is 6. The van der Waals surface area contributed by atoms with Gasteiger partial charge in [-0.1, -0.05) is 42.0 Å². The van der Waals surface area contributed by atoms with Crippen LogP contribution in [0.15, 0.2) is 47.6 Å². The van der Waals surface area contributed by atoms with Crippen LogP contribution in [-0.4, -0.2) is 27.8 Å². The molecule has 0 radical (unpaired) electrons. The second-order valence-electron chi connectivity index (χ2n) is 6.26. The van der Waals surface area contributed by atoms with Gasteiger partial charge in [0.25, 0.3) is 5.91 Å². The van der Waals surface area contributed by atoms with Gasteiger partial charge in [-0.2, -0.15) is 5.10 Å². The number of phenolic OH excluding ortho intramolecular Hbond substituents is 1. The van der Waals surface area contributed by atoms with Crippen molar-refractivity contribution >= 4 is 38.3 Å². The Kier molecular flexibility index (Phi) is 5.71. The van der Waals surface area contributed by atoms with Crippen LogP contribution >= 0.6 is 11.3 Å². The summed E-state index contributed by atoms with van der Waals surface area (Å²) >= 11 is 1.50. The SMILES string of the molecule is CC/C(=N\NC(=O)[C@H](C)Nc1nc2ccccc2s1)c1cc(C)ccc1O. The largest absolute Gasteiger partial charge is 0.507 e. The van der Waals surface area contributed by atoms with Crippen molar-refractivity contribution in [3.8, 4) is 5.75 Å².